The first-order chi connectivity index (χ1) is 12.3. The van der Waals surface area contributed by atoms with Gasteiger partial charge in [-0.2, -0.15) is 0 Å². The van der Waals surface area contributed by atoms with Crippen molar-refractivity contribution in [1.29, 1.82) is 0 Å². The largest absolute Gasteiger partial charge is 0.330 e. The van der Waals surface area contributed by atoms with E-state index in [4.69, 9.17) is 5.73 Å². The first-order valence-electron chi connectivity index (χ1n) is 12.0. The average Bonchev–Trinajstić information content (AvgIpc) is 2.63. The summed E-state index contributed by atoms with van der Waals surface area (Å²) in [6, 6.07) is 0. The highest BCUT2D eigenvalue weighted by atomic mass is 14.5. The predicted molar refractivity (Wildman–Crippen MR) is 116 cm³/mol. The van der Waals surface area contributed by atoms with Crippen molar-refractivity contribution < 1.29 is 0 Å². The summed E-state index contributed by atoms with van der Waals surface area (Å²) in [5.41, 5.74) is 5.54. The van der Waals surface area contributed by atoms with Gasteiger partial charge in [-0.3, -0.25) is 0 Å². The van der Waals surface area contributed by atoms with E-state index in [9.17, 15) is 0 Å². The maximum atomic E-state index is 5.54. The normalized spacial score (nSPS) is 11.5. The van der Waals surface area contributed by atoms with Crippen molar-refractivity contribution in [3.8, 4) is 0 Å². The molecule has 152 valence electrons. The van der Waals surface area contributed by atoms with E-state index in [-0.39, 0.29) is 0 Å². The zero-order valence-corrected chi connectivity index (χ0v) is 18.0. The smallest absolute Gasteiger partial charge is 0.00773 e. The van der Waals surface area contributed by atoms with E-state index in [1.165, 1.54) is 128 Å². The molecule has 0 unspecified atom stereocenters. The summed E-state index contributed by atoms with van der Waals surface area (Å²) in [6.07, 6.45) is 28.7. The third-order valence-electron chi connectivity index (χ3n) is 5.75. The molecule has 0 spiro atoms. The Labute approximate surface area is 160 Å². The lowest BCUT2D eigenvalue weighted by Gasteiger charge is -2.17. The molecule has 0 aromatic rings. The molecular weight excluding hydrogens is 302 g/mol. The minimum absolute atomic E-state index is 0.873. The number of hydrogen-bond donors (Lipinski definition) is 1. The third-order valence-corrected chi connectivity index (χ3v) is 5.75. The van der Waals surface area contributed by atoms with Crippen molar-refractivity contribution >= 4 is 0 Å². The van der Waals surface area contributed by atoms with Crippen LogP contribution in [0.2, 0.25) is 0 Å². The number of rotatable bonds is 21. The molecule has 0 aliphatic rings. The summed E-state index contributed by atoms with van der Waals surface area (Å²) in [6.45, 7) is 5.51. The molecule has 0 amide bonds. The van der Waals surface area contributed by atoms with Gasteiger partial charge in [0.15, 0.2) is 0 Å². The average molecular weight is 354 g/mol. The van der Waals surface area contributed by atoms with Gasteiger partial charge in [0.05, 0.1) is 0 Å². The number of unbranched alkanes of at least 4 members (excludes halogenated alkanes) is 14. The molecular formula is C24H51N. The van der Waals surface area contributed by atoms with Crippen LogP contribution in [-0.2, 0) is 0 Å². The molecule has 0 aromatic heterocycles. The molecule has 2 N–H and O–H groups in total. The van der Waals surface area contributed by atoms with E-state index in [1.807, 2.05) is 0 Å². The Morgan fingerprint density at radius 3 is 1.12 bits per heavy atom. The van der Waals surface area contributed by atoms with E-state index in [2.05, 4.69) is 13.8 Å². The van der Waals surface area contributed by atoms with Gasteiger partial charge in [-0.1, -0.05) is 136 Å². The van der Waals surface area contributed by atoms with E-state index in [0.717, 1.165) is 12.5 Å². The topological polar surface area (TPSA) is 26.0 Å². The Bertz CT molecular complexity index is 214. The molecule has 0 aliphatic carbocycles. The standard InChI is InChI=1S/C24H51N/c1-3-5-7-16-20-24(21-17-8-6-4-2)22-18-14-12-10-9-11-13-15-19-23-25/h24H,3-23,25H2,1-2H3. The highest BCUT2D eigenvalue weighted by molar-refractivity contribution is 4.62. The van der Waals surface area contributed by atoms with Crippen molar-refractivity contribution in [2.75, 3.05) is 6.54 Å². The summed E-state index contributed by atoms with van der Waals surface area (Å²) >= 11 is 0. The van der Waals surface area contributed by atoms with Gasteiger partial charge in [0.2, 0.25) is 0 Å². The Hall–Kier alpha value is -0.0400. The van der Waals surface area contributed by atoms with Crippen molar-refractivity contribution in [3.05, 3.63) is 0 Å². The van der Waals surface area contributed by atoms with Crippen LogP contribution in [0.3, 0.4) is 0 Å². The van der Waals surface area contributed by atoms with E-state index in [0.29, 0.717) is 0 Å². The van der Waals surface area contributed by atoms with Crippen molar-refractivity contribution in [1.82, 2.24) is 0 Å². The first-order valence-corrected chi connectivity index (χ1v) is 12.0. The maximum absolute atomic E-state index is 5.54. The lowest BCUT2D eigenvalue weighted by Crippen LogP contribution is -2.01. The van der Waals surface area contributed by atoms with Gasteiger partial charge in [0.1, 0.15) is 0 Å². The second kappa shape index (κ2) is 22.0. The van der Waals surface area contributed by atoms with Crippen molar-refractivity contribution in [3.63, 3.8) is 0 Å². The van der Waals surface area contributed by atoms with Gasteiger partial charge in [-0.05, 0) is 18.9 Å². The molecule has 1 nitrogen and oxygen atoms in total. The second-order valence-corrected chi connectivity index (χ2v) is 8.32. The van der Waals surface area contributed by atoms with Crippen LogP contribution >= 0.6 is 0 Å². The van der Waals surface area contributed by atoms with Crippen LogP contribution in [0.5, 0.6) is 0 Å². The summed E-state index contributed by atoms with van der Waals surface area (Å²) in [5, 5.41) is 0. The van der Waals surface area contributed by atoms with Gasteiger partial charge >= 0.3 is 0 Å². The number of nitrogens with two attached hydrogens (primary N) is 1. The molecule has 25 heavy (non-hydrogen) atoms. The molecule has 0 atom stereocenters. The van der Waals surface area contributed by atoms with Crippen molar-refractivity contribution in [2.24, 2.45) is 11.7 Å². The van der Waals surface area contributed by atoms with E-state index in [1.54, 1.807) is 0 Å². The second-order valence-electron chi connectivity index (χ2n) is 8.32. The molecule has 0 aromatic carbocycles. The van der Waals surface area contributed by atoms with Crippen LogP contribution in [0.4, 0.5) is 0 Å². The fraction of sp³-hybridized carbons (Fsp3) is 1.00. The van der Waals surface area contributed by atoms with Crippen LogP contribution in [0.15, 0.2) is 0 Å². The van der Waals surface area contributed by atoms with Crippen LogP contribution in [0.1, 0.15) is 142 Å². The van der Waals surface area contributed by atoms with E-state index >= 15 is 0 Å². The fourth-order valence-electron chi connectivity index (χ4n) is 3.97. The molecule has 0 rings (SSSR count). The molecule has 0 saturated heterocycles. The lowest BCUT2D eigenvalue weighted by atomic mass is 9.89. The molecule has 0 heterocycles. The quantitative estimate of drug-likeness (QED) is 0.206. The Kier molecular flexibility index (Phi) is 22.0. The lowest BCUT2D eigenvalue weighted by molar-refractivity contribution is 0.367. The third kappa shape index (κ3) is 20.1. The minimum atomic E-state index is 0.873. The monoisotopic (exact) mass is 353 g/mol. The van der Waals surface area contributed by atoms with Crippen LogP contribution < -0.4 is 5.73 Å². The van der Waals surface area contributed by atoms with Crippen LogP contribution in [0, 0.1) is 5.92 Å². The summed E-state index contributed by atoms with van der Waals surface area (Å²) < 4.78 is 0. The predicted octanol–water partition coefficient (Wildman–Crippen LogP) is 8.40. The highest BCUT2D eigenvalue weighted by Crippen LogP contribution is 2.24. The van der Waals surface area contributed by atoms with Gasteiger partial charge in [0.25, 0.3) is 0 Å². The van der Waals surface area contributed by atoms with Gasteiger partial charge < -0.3 is 5.73 Å². The summed E-state index contributed by atoms with van der Waals surface area (Å²) in [5.74, 6) is 1.03. The molecule has 1 heteroatoms. The fourth-order valence-corrected chi connectivity index (χ4v) is 3.97. The maximum Gasteiger partial charge on any atom is -0.00773 e. The van der Waals surface area contributed by atoms with E-state index < -0.39 is 0 Å². The minimum Gasteiger partial charge on any atom is -0.330 e. The Morgan fingerprint density at radius 1 is 0.440 bits per heavy atom. The van der Waals surface area contributed by atoms with Crippen LogP contribution in [0.25, 0.3) is 0 Å². The Balaban J connectivity index is 3.59. The molecule has 0 fully saturated rings. The van der Waals surface area contributed by atoms with Gasteiger partial charge in [0, 0.05) is 0 Å². The Morgan fingerprint density at radius 2 is 0.760 bits per heavy atom. The highest BCUT2D eigenvalue weighted by Gasteiger charge is 2.08. The number of hydrogen-bond acceptors (Lipinski definition) is 1. The van der Waals surface area contributed by atoms with Gasteiger partial charge in [-0.25, -0.2) is 0 Å². The summed E-state index contributed by atoms with van der Waals surface area (Å²) in [7, 11) is 0. The molecule has 0 radical (unpaired) electrons. The van der Waals surface area contributed by atoms with Crippen LogP contribution in [-0.4, -0.2) is 6.54 Å². The zero-order valence-electron chi connectivity index (χ0n) is 18.0. The molecule has 0 aliphatic heterocycles. The SMILES string of the molecule is CCCCCCC(CCCCCC)CCCCCCCCCCCN. The van der Waals surface area contributed by atoms with Crippen molar-refractivity contribution in [2.45, 2.75) is 142 Å². The van der Waals surface area contributed by atoms with Gasteiger partial charge in [-0.15, -0.1) is 0 Å². The molecule has 0 bridgehead atoms. The zero-order chi connectivity index (χ0) is 18.4. The summed E-state index contributed by atoms with van der Waals surface area (Å²) in [4.78, 5) is 0. The first kappa shape index (κ1) is 25.0. The molecule has 0 saturated carbocycles.